The Bertz CT molecular complexity index is 833. The van der Waals surface area contributed by atoms with E-state index < -0.39 is 35.0 Å². The molecule has 0 aliphatic carbocycles. The van der Waals surface area contributed by atoms with Crippen LogP contribution in [0, 0.1) is 0 Å². The van der Waals surface area contributed by atoms with Crippen molar-refractivity contribution in [2.45, 2.75) is 18.9 Å². The molecule has 0 radical (unpaired) electrons. The van der Waals surface area contributed by atoms with Crippen molar-refractivity contribution in [1.82, 2.24) is 10.6 Å². The lowest BCUT2D eigenvalue weighted by molar-refractivity contribution is -0.144. The van der Waals surface area contributed by atoms with Gasteiger partial charge in [-0.2, -0.15) is 0 Å². The first-order valence-corrected chi connectivity index (χ1v) is 8.96. The molecule has 1 saturated heterocycles. The Kier molecular flexibility index (Phi) is 7.33. The fourth-order valence-corrected chi connectivity index (χ4v) is 2.98. The summed E-state index contributed by atoms with van der Waals surface area (Å²) in [6.07, 6.45) is 1.51. The Morgan fingerprint density at radius 1 is 1.14 bits per heavy atom. The first-order valence-electron chi connectivity index (χ1n) is 8.14. The number of hydrogen-bond acceptors (Lipinski definition) is 8. The van der Waals surface area contributed by atoms with E-state index >= 15 is 0 Å². The molecule has 148 valence electrons. The van der Waals surface area contributed by atoms with E-state index in [1.54, 1.807) is 12.1 Å². The molecule has 0 saturated carbocycles. The van der Waals surface area contributed by atoms with E-state index in [4.69, 9.17) is 0 Å². The fourth-order valence-electron chi connectivity index (χ4n) is 2.30. The molecule has 1 heterocycles. The second kappa shape index (κ2) is 9.70. The number of ether oxygens (including phenoxy) is 2. The number of esters is 2. The number of rotatable bonds is 7. The van der Waals surface area contributed by atoms with E-state index in [0.29, 0.717) is 5.56 Å². The van der Waals surface area contributed by atoms with Gasteiger partial charge in [0, 0.05) is 12.0 Å². The van der Waals surface area contributed by atoms with Crippen molar-refractivity contribution in [2.75, 3.05) is 14.2 Å². The molecule has 0 unspecified atom stereocenters. The highest BCUT2D eigenvalue weighted by Crippen LogP contribution is 2.25. The summed E-state index contributed by atoms with van der Waals surface area (Å²) >= 11 is 0.796. The van der Waals surface area contributed by atoms with Gasteiger partial charge in [-0.3, -0.25) is 24.5 Å². The zero-order valence-corrected chi connectivity index (χ0v) is 16.0. The first-order chi connectivity index (χ1) is 13.3. The second-order valence-corrected chi connectivity index (χ2v) is 6.65. The normalized spacial score (nSPS) is 15.7. The number of benzene rings is 1. The van der Waals surface area contributed by atoms with Crippen LogP contribution < -0.4 is 10.6 Å². The highest BCUT2D eigenvalue weighted by atomic mass is 32.2. The molecule has 0 spiro atoms. The lowest BCUT2D eigenvalue weighted by Crippen LogP contribution is -2.41. The summed E-state index contributed by atoms with van der Waals surface area (Å²) in [7, 11) is 2.42. The van der Waals surface area contributed by atoms with Gasteiger partial charge in [0.15, 0.2) is 0 Å². The van der Waals surface area contributed by atoms with Gasteiger partial charge in [-0.25, -0.2) is 4.79 Å². The topological polar surface area (TPSA) is 128 Å². The molecule has 3 amide bonds. The number of carbonyl (C=O) groups excluding carboxylic acids is 5. The Labute approximate surface area is 164 Å². The van der Waals surface area contributed by atoms with Crippen LogP contribution in [0.5, 0.6) is 0 Å². The number of imide groups is 1. The summed E-state index contributed by atoms with van der Waals surface area (Å²) in [5, 5.41) is 4.24. The van der Waals surface area contributed by atoms with Crippen LogP contribution in [0.4, 0.5) is 4.79 Å². The maximum atomic E-state index is 12.4. The number of thioether (sulfide) groups is 1. The first kappa shape index (κ1) is 21.2. The quantitative estimate of drug-likeness (QED) is 0.511. The Morgan fingerprint density at radius 3 is 2.36 bits per heavy atom. The number of amides is 3. The Hall–Kier alpha value is -3.14. The minimum absolute atomic E-state index is 0.0373. The largest absolute Gasteiger partial charge is 0.469 e. The Balaban J connectivity index is 2.05. The van der Waals surface area contributed by atoms with Crippen LogP contribution in [0.2, 0.25) is 0 Å². The van der Waals surface area contributed by atoms with Crippen molar-refractivity contribution in [3.05, 3.63) is 40.3 Å². The van der Waals surface area contributed by atoms with Crippen molar-refractivity contribution in [3.8, 4) is 0 Å². The van der Waals surface area contributed by atoms with Gasteiger partial charge in [0.1, 0.15) is 6.04 Å². The highest BCUT2D eigenvalue weighted by Gasteiger charge is 2.25. The van der Waals surface area contributed by atoms with Gasteiger partial charge < -0.3 is 14.8 Å². The molecule has 10 heteroatoms. The zero-order chi connectivity index (χ0) is 20.7. The summed E-state index contributed by atoms with van der Waals surface area (Å²) in [5.41, 5.74) is 0.896. The van der Waals surface area contributed by atoms with Crippen molar-refractivity contribution in [2.24, 2.45) is 0 Å². The molecule has 1 fully saturated rings. The third kappa shape index (κ3) is 5.68. The fraction of sp³-hybridized carbons (Fsp3) is 0.278. The molecule has 1 aliphatic heterocycles. The molecule has 1 aromatic carbocycles. The van der Waals surface area contributed by atoms with Gasteiger partial charge >= 0.3 is 11.9 Å². The molecule has 2 rings (SSSR count). The van der Waals surface area contributed by atoms with Crippen molar-refractivity contribution in [3.63, 3.8) is 0 Å². The Morgan fingerprint density at radius 2 is 1.82 bits per heavy atom. The lowest BCUT2D eigenvalue weighted by Gasteiger charge is -2.16. The molecule has 0 aromatic heterocycles. The molecule has 1 atom stereocenters. The number of hydrogen-bond donors (Lipinski definition) is 2. The second-order valence-electron chi connectivity index (χ2n) is 5.64. The molecule has 28 heavy (non-hydrogen) atoms. The third-order valence-corrected chi connectivity index (χ3v) is 4.58. The lowest BCUT2D eigenvalue weighted by atomic mass is 10.1. The van der Waals surface area contributed by atoms with Crippen molar-refractivity contribution in [1.29, 1.82) is 0 Å². The van der Waals surface area contributed by atoms with Crippen LogP contribution in [0.3, 0.4) is 0 Å². The molecule has 1 aliphatic rings. The van der Waals surface area contributed by atoms with Gasteiger partial charge in [0.05, 0.1) is 19.1 Å². The minimum atomic E-state index is -0.997. The molecule has 0 bridgehead atoms. The van der Waals surface area contributed by atoms with Crippen LogP contribution >= 0.6 is 11.8 Å². The average Bonchev–Trinajstić information content (AvgIpc) is 3.01. The van der Waals surface area contributed by atoms with Crippen molar-refractivity contribution < 1.29 is 33.4 Å². The summed E-state index contributed by atoms with van der Waals surface area (Å²) in [5.74, 6) is -2.17. The summed E-state index contributed by atoms with van der Waals surface area (Å²) in [4.78, 5) is 58.4. The predicted octanol–water partition coefficient (Wildman–Crippen LogP) is 1.24. The van der Waals surface area contributed by atoms with E-state index in [9.17, 15) is 24.0 Å². The minimum Gasteiger partial charge on any atom is -0.469 e. The monoisotopic (exact) mass is 406 g/mol. The standard InChI is InChI=1S/C18H18N2O7S/c1-26-14(21)8-7-12(17(24)27-2)19-15(22)11-5-3-10(4-6-11)9-13-16(23)20-18(25)28-13/h3-6,9,12H,7-8H2,1-2H3,(H,19,22)(H,20,23,25)/b13-9-/t12-/m1/s1. The zero-order valence-electron chi connectivity index (χ0n) is 15.1. The number of methoxy groups -OCH3 is 2. The van der Waals surface area contributed by atoms with Gasteiger partial charge in [0.2, 0.25) is 0 Å². The van der Waals surface area contributed by atoms with Crippen LogP contribution in [-0.4, -0.2) is 49.3 Å². The summed E-state index contributed by atoms with van der Waals surface area (Å²) in [6, 6.07) is 5.22. The van der Waals surface area contributed by atoms with Crippen LogP contribution in [0.25, 0.3) is 6.08 Å². The number of carbonyl (C=O) groups is 5. The number of nitrogens with one attached hydrogen (secondary N) is 2. The van der Waals surface area contributed by atoms with Crippen molar-refractivity contribution >= 4 is 46.8 Å². The maximum absolute atomic E-state index is 12.4. The molecular weight excluding hydrogens is 388 g/mol. The van der Waals surface area contributed by atoms with E-state index in [-0.39, 0.29) is 23.3 Å². The SMILES string of the molecule is COC(=O)CC[C@@H](NC(=O)c1ccc(/C=C2\SC(=O)NC2=O)cc1)C(=O)OC. The van der Waals surface area contributed by atoms with E-state index in [1.807, 2.05) is 0 Å². The molecular formula is C18H18N2O7S. The molecule has 9 nitrogen and oxygen atoms in total. The smallest absolute Gasteiger partial charge is 0.328 e. The predicted molar refractivity (Wildman–Crippen MR) is 100 cm³/mol. The molecule has 2 N–H and O–H groups in total. The summed E-state index contributed by atoms with van der Waals surface area (Å²) < 4.78 is 9.17. The van der Waals surface area contributed by atoms with E-state index in [2.05, 4.69) is 20.1 Å². The average molecular weight is 406 g/mol. The third-order valence-electron chi connectivity index (χ3n) is 3.77. The molecule has 1 aromatic rings. The van der Waals surface area contributed by atoms with Gasteiger partial charge in [0.25, 0.3) is 17.1 Å². The van der Waals surface area contributed by atoms with Crippen LogP contribution in [0.1, 0.15) is 28.8 Å². The highest BCUT2D eigenvalue weighted by molar-refractivity contribution is 8.18. The maximum Gasteiger partial charge on any atom is 0.328 e. The van der Waals surface area contributed by atoms with Crippen LogP contribution in [-0.2, 0) is 23.9 Å². The van der Waals surface area contributed by atoms with Gasteiger partial charge in [-0.15, -0.1) is 0 Å². The van der Waals surface area contributed by atoms with Gasteiger partial charge in [-0.1, -0.05) is 12.1 Å². The van der Waals surface area contributed by atoms with E-state index in [1.165, 1.54) is 32.4 Å². The van der Waals surface area contributed by atoms with E-state index in [0.717, 1.165) is 11.8 Å². The van der Waals surface area contributed by atoms with Crippen LogP contribution in [0.15, 0.2) is 29.2 Å². The summed E-state index contributed by atoms with van der Waals surface area (Å²) in [6.45, 7) is 0. The van der Waals surface area contributed by atoms with Gasteiger partial charge in [-0.05, 0) is 42.0 Å².